The van der Waals surface area contributed by atoms with Crippen LogP contribution in [0.25, 0.3) is 0 Å². The lowest BCUT2D eigenvalue weighted by atomic mass is 9.89. The van der Waals surface area contributed by atoms with Gasteiger partial charge in [-0.2, -0.15) is 9.80 Å². The van der Waals surface area contributed by atoms with Crippen LogP contribution < -0.4 is 10.6 Å². The predicted molar refractivity (Wildman–Crippen MR) is 186 cm³/mol. The van der Waals surface area contributed by atoms with Crippen molar-refractivity contribution in [2.24, 2.45) is 0 Å². The number of imide groups is 6. The number of anilines is 2. The molecule has 0 aromatic heterocycles. The Morgan fingerprint density at radius 2 is 1.22 bits per heavy atom. The Labute approximate surface area is 298 Å². The summed E-state index contributed by atoms with van der Waals surface area (Å²) >= 11 is 3.36. The van der Waals surface area contributed by atoms with Gasteiger partial charge in [-0.05, 0) is 96.3 Å². The highest BCUT2D eigenvalue weighted by molar-refractivity contribution is 9.10. The molecule has 5 rings (SSSR count). The van der Waals surface area contributed by atoms with Crippen LogP contribution in [0, 0.1) is 0 Å². The highest BCUT2D eigenvalue weighted by atomic mass is 79.9. The minimum atomic E-state index is -0.997. The third kappa shape index (κ3) is 9.05. The van der Waals surface area contributed by atoms with E-state index in [4.69, 9.17) is 15.2 Å². The van der Waals surface area contributed by atoms with Crippen LogP contribution in [0.3, 0.4) is 0 Å². The number of piperidine rings is 2. The summed E-state index contributed by atoms with van der Waals surface area (Å²) in [5.41, 5.74) is 6.07. The number of nitrogens with two attached hydrogens (primary N) is 1. The van der Waals surface area contributed by atoms with E-state index >= 15 is 0 Å². The molecule has 0 spiro atoms. The summed E-state index contributed by atoms with van der Waals surface area (Å²) in [6, 6.07) is 13.0. The zero-order chi connectivity index (χ0) is 37.1. The molecule has 2 N–H and O–H groups in total. The fraction of sp³-hybridized carbons (Fsp3) is 0.457. The number of rotatable bonds is 3. The maximum absolute atomic E-state index is 12.9. The maximum atomic E-state index is 12.9. The second kappa shape index (κ2) is 15.0. The summed E-state index contributed by atoms with van der Waals surface area (Å²) in [6.07, 6.45) is -1.22. The molecule has 14 nitrogen and oxygen atoms in total. The van der Waals surface area contributed by atoms with E-state index in [2.05, 4.69) is 15.9 Å². The number of hydrogen-bond acceptors (Lipinski definition) is 10. The van der Waals surface area contributed by atoms with Gasteiger partial charge in [0.15, 0.2) is 0 Å². The molecule has 2 atom stereocenters. The van der Waals surface area contributed by atoms with E-state index in [9.17, 15) is 33.6 Å². The Morgan fingerprint density at radius 1 is 0.720 bits per heavy atom. The summed E-state index contributed by atoms with van der Waals surface area (Å²) in [5, 5.41) is 0. The molecular weight excluding hydrogens is 714 g/mol. The van der Waals surface area contributed by atoms with Crippen molar-refractivity contribution in [1.82, 2.24) is 14.7 Å². The van der Waals surface area contributed by atoms with Gasteiger partial charge in [-0.25, -0.2) is 14.4 Å². The van der Waals surface area contributed by atoms with Crippen LogP contribution in [0.1, 0.15) is 78.7 Å². The number of halogens is 1. The maximum Gasteiger partial charge on any atom is 0.424 e. The zero-order valence-electron chi connectivity index (χ0n) is 28.9. The number of likely N-dealkylation sites (tertiary alicyclic amines) is 2. The zero-order valence-corrected chi connectivity index (χ0v) is 30.5. The van der Waals surface area contributed by atoms with E-state index in [-0.39, 0.29) is 25.3 Å². The molecule has 0 aliphatic carbocycles. The smallest absolute Gasteiger partial charge is 0.424 e. The van der Waals surface area contributed by atoms with Gasteiger partial charge in [0.05, 0.1) is 5.92 Å². The topological polar surface area (TPSA) is 177 Å². The Hall–Kier alpha value is -4.79. The number of carbonyl (C=O) groups is 7. The van der Waals surface area contributed by atoms with Crippen molar-refractivity contribution in [2.75, 3.05) is 23.7 Å². The molecular formula is C35H42BrN5O9. The average Bonchev–Trinajstić information content (AvgIpc) is 3.37. The predicted octanol–water partition coefficient (Wildman–Crippen LogP) is 5.58. The Morgan fingerprint density at radius 3 is 1.74 bits per heavy atom. The summed E-state index contributed by atoms with van der Waals surface area (Å²) < 4.78 is 11.2. The van der Waals surface area contributed by atoms with Crippen molar-refractivity contribution in [1.29, 1.82) is 0 Å². The van der Waals surface area contributed by atoms with Crippen LogP contribution in [-0.2, 0) is 28.7 Å². The van der Waals surface area contributed by atoms with Gasteiger partial charge < -0.3 is 20.1 Å². The highest BCUT2D eigenvalue weighted by Gasteiger charge is 2.47. The number of ether oxygens (including phenoxy) is 2. The Bertz CT molecular complexity index is 1670. The average molecular weight is 757 g/mol. The number of benzene rings is 2. The number of nitrogen functional groups attached to an aromatic ring is 1. The largest absolute Gasteiger partial charge is 0.443 e. The molecule has 0 bridgehead atoms. The molecule has 3 fully saturated rings. The van der Waals surface area contributed by atoms with Crippen LogP contribution in [0.2, 0.25) is 0 Å². The van der Waals surface area contributed by atoms with Crippen molar-refractivity contribution >= 4 is 69.2 Å². The van der Waals surface area contributed by atoms with E-state index in [0.717, 1.165) is 15.7 Å². The molecule has 0 radical (unpaired) electrons. The molecule has 3 aliphatic heterocycles. The monoisotopic (exact) mass is 755 g/mol. The molecule has 2 unspecified atom stereocenters. The Balaban J connectivity index is 0.000000232. The molecule has 15 heteroatoms. The van der Waals surface area contributed by atoms with Crippen molar-refractivity contribution < 1.29 is 43.0 Å². The SMILES string of the molecule is CC(C)(C)OC(=O)N1C(=O)CCC(N2CCN(c3ccc(Br)cc3)C2=O)C1=O.CC(C)(C)OC(=O)N1C(=O)CCC(c2ccc(N)cc2)C1=O. The normalized spacial score (nSPS) is 20.1. The molecule has 3 saturated heterocycles. The molecule has 2 aromatic carbocycles. The lowest BCUT2D eigenvalue weighted by molar-refractivity contribution is -0.151. The number of amides is 8. The Kier molecular flexibility index (Phi) is 11.4. The van der Waals surface area contributed by atoms with Gasteiger partial charge in [0.25, 0.3) is 5.91 Å². The van der Waals surface area contributed by atoms with Crippen molar-refractivity contribution in [2.45, 2.75) is 90.4 Å². The van der Waals surface area contributed by atoms with Gasteiger partial charge in [0, 0.05) is 41.8 Å². The molecule has 3 heterocycles. The number of urea groups is 1. The fourth-order valence-electron chi connectivity index (χ4n) is 5.58. The summed E-state index contributed by atoms with van der Waals surface area (Å²) in [6.45, 7) is 10.8. The lowest BCUT2D eigenvalue weighted by Crippen LogP contribution is -2.57. The van der Waals surface area contributed by atoms with Crippen molar-refractivity contribution in [3.8, 4) is 0 Å². The first-order valence-electron chi connectivity index (χ1n) is 16.2. The fourth-order valence-corrected chi connectivity index (χ4v) is 5.84. The molecule has 0 saturated carbocycles. The van der Waals surface area contributed by atoms with Gasteiger partial charge in [-0.1, -0.05) is 28.1 Å². The van der Waals surface area contributed by atoms with Crippen molar-refractivity contribution in [3.63, 3.8) is 0 Å². The summed E-state index contributed by atoms with van der Waals surface area (Å²) in [7, 11) is 0. The number of nitrogens with zero attached hydrogens (tertiary/aromatic N) is 4. The molecule has 50 heavy (non-hydrogen) atoms. The third-order valence-corrected chi connectivity index (χ3v) is 8.38. The first kappa shape index (κ1) is 38.0. The van der Waals surface area contributed by atoms with Crippen LogP contribution in [-0.4, -0.2) is 86.9 Å². The van der Waals surface area contributed by atoms with E-state index < -0.39 is 59.0 Å². The number of hydrogen-bond donors (Lipinski definition) is 1. The van der Waals surface area contributed by atoms with Crippen molar-refractivity contribution in [3.05, 3.63) is 58.6 Å². The first-order valence-corrected chi connectivity index (χ1v) is 17.0. The van der Waals surface area contributed by atoms with E-state index in [1.54, 1.807) is 70.7 Å². The molecule has 8 amide bonds. The minimum absolute atomic E-state index is 0.00227. The van der Waals surface area contributed by atoms with Crippen LogP contribution in [0.5, 0.6) is 0 Å². The van der Waals surface area contributed by atoms with Crippen LogP contribution in [0.15, 0.2) is 53.0 Å². The van der Waals surface area contributed by atoms with Gasteiger partial charge in [0.1, 0.15) is 17.2 Å². The van der Waals surface area contributed by atoms with E-state index in [1.807, 2.05) is 24.3 Å². The van der Waals surface area contributed by atoms with Gasteiger partial charge in [-0.15, -0.1) is 0 Å². The third-order valence-electron chi connectivity index (χ3n) is 7.85. The van der Waals surface area contributed by atoms with Gasteiger partial charge >= 0.3 is 18.2 Å². The molecule has 268 valence electrons. The standard InChI is InChI=1S/C19H22BrN3O5.C16H20N2O4/c1-19(2,3)28-18(27)23-15(24)9-8-14(16(23)25)22-11-10-21(17(22)26)13-6-4-12(20)5-7-13;1-16(2,3)22-15(21)18-13(19)9-8-12(14(18)20)10-4-6-11(17)7-5-10/h4-7,14H,8-11H2,1-3H3;4-7,12H,8-9,17H2,1-3H3. The van der Waals surface area contributed by atoms with Gasteiger partial charge in [0.2, 0.25) is 17.7 Å². The molecule has 2 aromatic rings. The lowest BCUT2D eigenvalue weighted by Gasteiger charge is -2.34. The van der Waals surface area contributed by atoms with Crippen LogP contribution >= 0.6 is 15.9 Å². The van der Waals surface area contributed by atoms with Gasteiger partial charge in [-0.3, -0.25) is 24.1 Å². The van der Waals surface area contributed by atoms with Crippen LogP contribution in [0.4, 0.5) is 25.8 Å². The van der Waals surface area contributed by atoms with E-state index in [0.29, 0.717) is 35.0 Å². The number of carbonyl (C=O) groups excluding carboxylic acids is 7. The highest BCUT2D eigenvalue weighted by Crippen LogP contribution is 2.31. The second-order valence-electron chi connectivity index (χ2n) is 14.0. The molecule has 3 aliphatic rings. The van der Waals surface area contributed by atoms with E-state index in [1.165, 1.54) is 4.90 Å². The second-order valence-corrected chi connectivity index (χ2v) is 14.9. The summed E-state index contributed by atoms with van der Waals surface area (Å²) in [5.74, 6) is -2.92. The first-order chi connectivity index (χ1) is 23.3. The summed E-state index contributed by atoms with van der Waals surface area (Å²) in [4.78, 5) is 91.0. The minimum Gasteiger partial charge on any atom is -0.443 e. The quantitative estimate of drug-likeness (QED) is 0.307.